The van der Waals surface area contributed by atoms with Gasteiger partial charge >= 0.3 is 0 Å². The van der Waals surface area contributed by atoms with Crippen molar-refractivity contribution in [3.05, 3.63) is 24.3 Å². The van der Waals surface area contributed by atoms with E-state index in [9.17, 15) is 8.42 Å². The number of anilines is 1. The van der Waals surface area contributed by atoms with E-state index in [1.165, 1.54) is 0 Å². The number of ether oxygens (including phenoxy) is 1. The molecule has 2 rings (SSSR count). The summed E-state index contributed by atoms with van der Waals surface area (Å²) < 4.78 is 31.8. The number of sulfonamides is 1. The zero-order valence-corrected chi connectivity index (χ0v) is 13.0. The molecule has 1 saturated carbocycles. The van der Waals surface area contributed by atoms with Crippen molar-refractivity contribution < 1.29 is 18.3 Å². The first-order chi connectivity index (χ1) is 10.1. The van der Waals surface area contributed by atoms with Gasteiger partial charge in [0.05, 0.1) is 18.1 Å². The Hall–Kier alpha value is -1.15. The molecule has 0 spiro atoms. The van der Waals surface area contributed by atoms with Crippen LogP contribution in [0.4, 0.5) is 5.69 Å². The Morgan fingerprint density at radius 2 is 1.95 bits per heavy atom. The van der Waals surface area contributed by atoms with Crippen LogP contribution in [0.3, 0.4) is 0 Å². The Morgan fingerprint density at radius 1 is 1.29 bits per heavy atom. The summed E-state index contributed by atoms with van der Waals surface area (Å²) in [5.41, 5.74) is 0.867. The number of benzene rings is 1. The number of hydrogen-bond acceptors (Lipinski definition) is 5. The molecule has 1 fully saturated rings. The van der Waals surface area contributed by atoms with E-state index >= 15 is 0 Å². The van der Waals surface area contributed by atoms with Gasteiger partial charge in [-0.15, -0.1) is 0 Å². The number of hydrogen-bond donors (Lipinski definition) is 2. The van der Waals surface area contributed by atoms with Crippen molar-refractivity contribution in [3.63, 3.8) is 0 Å². The lowest BCUT2D eigenvalue weighted by Gasteiger charge is -2.23. The fourth-order valence-electron chi connectivity index (χ4n) is 2.02. The van der Waals surface area contributed by atoms with Gasteiger partial charge < -0.3 is 14.7 Å². The normalized spacial score (nSPS) is 15.1. The first-order valence-electron chi connectivity index (χ1n) is 7.04. The summed E-state index contributed by atoms with van der Waals surface area (Å²) >= 11 is 0. The smallest absolute Gasteiger partial charge is 0.240 e. The molecular formula is C14H22N2O4S. The van der Waals surface area contributed by atoms with Gasteiger partial charge in [0, 0.05) is 31.9 Å². The van der Waals surface area contributed by atoms with E-state index in [4.69, 9.17) is 9.84 Å². The summed E-state index contributed by atoms with van der Waals surface area (Å²) in [6, 6.07) is 6.80. The minimum absolute atomic E-state index is 0.0347. The van der Waals surface area contributed by atoms with Crippen LogP contribution in [0.25, 0.3) is 0 Å². The first kappa shape index (κ1) is 16.2. The topological polar surface area (TPSA) is 78.9 Å². The molecule has 0 aromatic heterocycles. The maximum atomic E-state index is 12.1. The van der Waals surface area contributed by atoms with E-state index in [1.807, 2.05) is 4.90 Å². The molecule has 0 radical (unpaired) electrons. The van der Waals surface area contributed by atoms with Crippen LogP contribution in [0.2, 0.25) is 0 Å². The average Bonchev–Trinajstić information content (AvgIpc) is 3.27. The predicted octanol–water partition coefficient (Wildman–Crippen LogP) is 0.572. The third-order valence-corrected chi connectivity index (χ3v) is 4.88. The second-order valence-corrected chi connectivity index (χ2v) is 6.81. The lowest BCUT2D eigenvalue weighted by molar-refractivity contribution is 0.203. The molecule has 0 saturated heterocycles. The molecule has 0 amide bonds. The molecule has 0 atom stereocenters. The predicted molar refractivity (Wildman–Crippen MR) is 81.0 cm³/mol. The zero-order chi connectivity index (χ0) is 15.3. The maximum Gasteiger partial charge on any atom is 0.240 e. The van der Waals surface area contributed by atoms with Gasteiger partial charge in [-0.25, -0.2) is 13.1 Å². The largest absolute Gasteiger partial charge is 0.395 e. The van der Waals surface area contributed by atoms with Gasteiger partial charge in [-0.1, -0.05) is 0 Å². The number of methoxy groups -OCH3 is 1. The number of nitrogens with zero attached hydrogens (tertiary/aromatic N) is 1. The van der Waals surface area contributed by atoms with E-state index in [0.29, 0.717) is 19.7 Å². The van der Waals surface area contributed by atoms with Gasteiger partial charge in [-0.05, 0) is 37.1 Å². The van der Waals surface area contributed by atoms with Gasteiger partial charge in [0.2, 0.25) is 10.0 Å². The van der Waals surface area contributed by atoms with E-state index < -0.39 is 10.0 Å². The fourth-order valence-corrected chi connectivity index (χ4v) is 3.32. The molecule has 1 aromatic rings. The molecule has 7 heteroatoms. The van der Waals surface area contributed by atoms with Crippen LogP contribution in [0.15, 0.2) is 29.2 Å². The Morgan fingerprint density at radius 3 is 2.48 bits per heavy atom. The molecule has 0 bridgehead atoms. The first-order valence-corrected chi connectivity index (χ1v) is 8.52. The lowest BCUT2D eigenvalue weighted by atomic mass is 10.3. The van der Waals surface area contributed by atoms with Crippen molar-refractivity contribution in [3.8, 4) is 0 Å². The Labute approximate surface area is 125 Å². The maximum absolute atomic E-state index is 12.1. The monoisotopic (exact) mass is 314 g/mol. The van der Waals surface area contributed by atoms with E-state index in [1.54, 1.807) is 31.4 Å². The van der Waals surface area contributed by atoms with Gasteiger partial charge in [-0.3, -0.25) is 0 Å². The Kier molecular flexibility index (Phi) is 5.58. The van der Waals surface area contributed by atoms with Crippen LogP contribution in [0.5, 0.6) is 0 Å². The summed E-state index contributed by atoms with van der Waals surface area (Å²) in [6.45, 7) is 1.70. The molecule has 2 N–H and O–H groups in total. The number of aliphatic hydroxyl groups is 1. The summed E-state index contributed by atoms with van der Waals surface area (Å²) in [5, 5.41) is 9.10. The zero-order valence-electron chi connectivity index (χ0n) is 12.2. The molecule has 6 nitrogen and oxygen atoms in total. The SMILES string of the molecule is COCCN(CCO)c1ccc(S(=O)(=O)NC2CC2)cc1. The molecule has 0 heterocycles. The van der Waals surface area contributed by atoms with Gasteiger partial charge in [0.15, 0.2) is 0 Å². The minimum atomic E-state index is -3.41. The van der Waals surface area contributed by atoms with Crippen molar-refractivity contribution in [1.82, 2.24) is 4.72 Å². The van der Waals surface area contributed by atoms with E-state index in [-0.39, 0.29) is 17.5 Å². The highest BCUT2D eigenvalue weighted by Crippen LogP contribution is 2.23. The van der Waals surface area contributed by atoms with Crippen LogP contribution in [-0.4, -0.2) is 53.0 Å². The quantitative estimate of drug-likeness (QED) is 0.697. The van der Waals surface area contributed by atoms with Crippen LogP contribution in [0.1, 0.15) is 12.8 Å². The number of rotatable bonds is 9. The molecule has 1 aliphatic rings. The van der Waals surface area contributed by atoms with Crippen molar-refractivity contribution in [1.29, 1.82) is 0 Å². The van der Waals surface area contributed by atoms with Crippen LogP contribution >= 0.6 is 0 Å². The second-order valence-electron chi connectivity index (χ2n) is 5.09. The summed E-state index contributed by atoms with van der Waals surface area (Å²) in [7, 11) is -1.79. The standard InChI is InChI=1S/C14H22N2O4S/c1-20-11-9-16(8-10-17)13-4-6-14(7-5-13)21(18,19)15-12-2-3-12/h4-7,12,15,17H,2-3,8-11H2,1H3. The Bertz CT molecular complexity index is 541. The fraction of sp³-hybridized carbons (Fsp3) is 0.571. The highest BCUT2D eigenvalue weighted by Gasteiger charge is 2.27. The molecule has 0 aliphatic heterocycles. The summed E-state index contributed by atoms with van der Waals surface area (Å²) in [6.07, 6.45) is 1.83. The molecule has 0 unspecified atom stereocenters. The van der Waals surface area contributed by atoms with E-state index in [2.05, 4.69) is 4.72 Å². The van der Waals surface area contributed by atoms with Crippen LogP contribution in [0, 0.1) is 0 Å². The summed E-state index contributed by atoms with van der Waals surface area (Å²) in [5.74, 6) is 0. The highest BCUT2D eigenvalue weighted by atomic mass is 32.2. The lowest BCUT2D eigenvalue weighted by Crippen LogP contribution is -2.30. The minimum Gasteiger partial charge on any atom is -0.395 e. The summed E-state index contributed by atoms with van der Waals surface area (Å²) in [4.78, 5) is 2.22. The second kappa shape index (κ2) is 7.22. The number of nitrogens with one attached hydrogen (secondary N) is 1. The number of aliphatic hydroxyl groups excluding tert-OH is 1. The molecule has 21 heavy (non-hydrogen) atoms. The highest BCUT2D eigenvalue weighted by molar-refractivity contribution is 7.89. The van der Waals surface area contributed by atoms with Gasteiger partial charge in [-0.2, -0.15) is 0 Å². The van der Waals surface area contributed by atoms with Crippen molar-refractivity contribution in [2.75, 3.05) is 38.3 Å². The Balaban J connectivity index is 2.08. The van der Waals surface area contributed by atoms with Crippen molar-refractivity contribution in [2.45, 2.75) is 23.8 Å². The van der Waals surface area contributed by atoms with Gasteiger partial charge in [0.1, 0.15) is 0 Å². The third-order valence-electron chi connectivity index (χ3n) is 3.35. The van der Waals surface area contributed by atoms with Crippen molar-refractivity contribution >= 4 is 15.7 Å². The molecule has 118 valence electrons. The van der Waals surface area contributed by atoms with Crippen molar-refractivity contribution in [2.24, 2.45) is 0 Å². The van der Waals surface area contributed by atoms with Crippen LogP contribution < -0.4 is 9.62 Å². The third kappa shape index (κ3) is 4.67. The average molecular weight is 314 g/mol. The van der Waals surface area contributed by atoms with E-state index in [0.717, 1.165) is 18.5 Å². The van der Waals surface area contributed by atoms with Gasteiger partial charge in [0.25, 0.3) is 0 Å². The molecule has 1 aliphatic carbocycles. The van der Waals surface area contributed by atoms with Crippen LogP contribution in [-0.2, 0) is 14.8 Å². The molecule has 1 aromatic carbocycles. The molecular weight excluding hydrogens is 292 g/mol.